The molecule has 0 saturated heterocycles. The maximum absolute atomic E-state index is 12.2. The fraction of sp³-hybridized carbons (Fsp3) is 0.0667. The number of para-hydroxylation sites is 1. The molecule has 2 aromatic heterocycles. The molecular weight excluding hydrogens is 266 g/mol. The van der Waals surface area contributed by atoms with Gasteiger partial charge in [0, 0.05) is 18.6 Å². The summed E-state index contributed by atoms with van der Waals surface area (Å²) in [5.41, 5.74) is 1.65. The van der Waals surface area contributed by atoms with Gasteiger partial charge in [0.25, 0.3) is 5.91 Å². The van der Waals surface area contributed by atoms with E-state index in [0.717, 1.165) is 10.9 Å². The van der Waals surface area contributed by atoms with Crippen LogP contribution in [-0.2, 0) is 0 Å². The molecule has 6 heteroatoms. The van der Waals surface area contributed by atoms with Crippen LogP contribution in [-0.4, -0.2) is 27.9 Å². The van der Waals surface area contributed by atoms with Gasteiger partial charge in [-0.3, -0.25) is 9.78 Å². The van der Waals surface area contributed by atoms with E-state index in [1.807, 2.05) is 30.3 Å². The monoisotopic (exact) mass is 279 g/mol. The molecule has 0 saturated carbocycles. The Labute approximate surface area is 121 Å². The molecule has 0 aliphatic carbocycles. The second kappa shape index (κ2) is 5.54. The van der Waals surface area contributed by atoms with Crippen molar-refractivity contribution in [2.75, 3.05) is 17.7 Å². The lowest BCUT2D eigenvalue weighted by atomic mass is 10.2. The highest BCUT2D eigenvalue weighted by atomic mass is 16.1. The molecule has 104 valence electrons. The van der Waals surface area contributed by atoms with Gasteiger partial charge in [-0.05, 0) is 12.1 Å². The Kier molecular flexibility index (Phi) is 3.42. The molecule has 0 unspecified atom stereocenters. The molecule has 0 bridgehead atoms. The van der Waals surface area contributed by atoms with Crippen molar-refractivity contribution < 1.29 is 4.79 Å². The largest absolute Gasteiger partial charge is 0.372 e. The van der Waals surface area contributed by atoms with Gasteiger partial charge in [0.2, 0.25) is 0 Å². The quantitative estimate of drug-likeness (QED) is 0.769. The van der Waals surface area contributed by atoms with Gasteiger partial charge in [-0.15, -0.1) is 0 Å². The molecule has 21 heavy (non-hydrogen) atoms. The van der Waals surface area contributed by atoms with Crippen LogP contribution >= 0.6 is 0 Å². The van der Waals surface area contributed by atoms with Crippen LogP contribution in [0.25, 0.3) is 10.9 Å². The third kappa shape index (κ3) is 2.64. The number of nitrogens with one attached hydrogen (secondary N) is 2. The van der Waals surface area contributed by atoms with E-state index in [4.69, 9.17) is 0 Å². The summed E-state index contributed by atoms with van der Waals surface area (Å²) >= 11 is 0. The minimum absolute atomic E-state index is 0.252. The molecule has 0 fully saturated rings. The Morgan fingerprint density at radius 2 is 1.90 bits per heavy atom. The van der Waals surface area contributed by atoms with Crippen molar-refractivity contribution in [3.8, 4) is 0 Å². The number of nitrogens with zero attached hydrogens (tertiary/aromatic N) is 3. The Hall–Kier alpha value is -3.02. The molecule has 2 N–H and O–H groups in total. The van der Waals surface area contributed by atoms with Crippen molar-refractivity contribution in [1.82, 2.24) is 15.0 Å². The van der Waals surface area contributed by atoms with Crippen molar-refractivity contribution in [1.29, 1.82) is 0 Å². The lowest BCUT2D eigenvalue weighted by molar-refractivity contribution is 0.102. The van der Waals surface area contributed by atoms with Crippen molar-refractivity contribution in [3.63, 3.8) is 0 Å². The van der Waals surface area contributed by atoms with Gasteiger partial charge in [0.15, 0.2) is 0 Å². The lowest BCUT2D eigenvalue weighted by Gasteiger charge is -2.07. The van der Waals surface area contributed by atoms with Gasteiger partial charge in [-0.2, -0.15) is 0 Å². The van der Waals surface area contributed by atoms with Gasteiger partial charge in [-0.25, -0.2) is 9.97 Å². The first-order valence-corrected chi connectivity index (χ1v) is 6.43. The summed E-state index contributed by atoms with van der Waals surface area (Å²) in [6.07, 6.45) is 4.63. The molecule has 0 atom stereocenters. The molecule has 0 aliphatic rings. The van der Waals surface area contributed by atoms with Crippen LogP contribution in [0.15, 0.2) is 48.9 Å². The number of carbonyl (C=O) groups excluding carboxylic acids is 1. The number of aromatic nitrogens is 3. The zero-order chi connectivity index (χ0) is 14.7. The highest BCUT2D eigenvalue weighted by molar-refractivity contribution is 6.07. The molecule has 0 spiro atoms. The highest BCUT2D eigenvalue weighted by Gasteiger charge is 2.10. The first-order chi connectivity index (χ1) is 10.3. The SMILES string of the molecule is CNc1cnc(C(=O)Nc2cccc3cccnc23)cn1. The average molecular weight is 279 g/mol. The lowest BCUT2D eigenvalue weighted by Crippen LogP contribution is -2.14. The van der Waals surface area contributed by atoms with Gasteiger partial charge < -0.3 is 10.6 Å². The topological polar surface area (TPSA) is 79.8 Å². The number of hydrogen-bond acceptors (Lipinski definition) is 5. The van der Waals surface area contributed by atoms with Gasteiger partial charge in [-0.1, -0.05) is 18.2 Å². The van der Waals surface area contributed by atoms with E-state index in [1.54, 1.807) is 13.2 Å². The van der Waals surface area contributed by atoms with Crippen molar-refractivity contribution in [2.45, 2.75) is 0 Å². The summed E-state index contributed by atoms with van der Waals surface area (Å²) in [4.78, 5) is 24.6. The van der Waals surface area contributed by atoms with Gasteiger partial charge >= 0.3 is 0 Å². The fourth-order valence-corrected chi connectivity index (χ4v) is 1.97. The van der Waals surface area contributed by atoms with Crippen LogP contribution in [0.1, 0.15) is 10.5 Å². The highest BCUT2D eigenvalue weighted by Crippen LogP contribution is 2.21. The van der Waals surface area contributed by atoms with Crippen LogP contribution in [0.2, 0.25) is 0 Å². The Morgan fingerprint density at radius 3 is 2.67 bits per heavy atom. The number of rotatable bonds is 3. The van der Waals surface area contributed by atoms with Crippen LogP contribution in [0.4, 0.5) is 11.5 Å². The molecule has 1 amide bonds. The number of anilines is 2. The minimum atomic E-state index is -0.316. The summed E-state index contributed by atoms with van der Waals surface area (Å²) in [5.74, 6) is 0.293. The van der Waals surface area contributed by atoms with E-state index in [1.165, 1.54) is 12.4 Å². The molecule has 3 aromatic rings. The maximum Gasteiger partial charge on any atom is 0.275 e. The predicted molar refractivity (Wildman–Crippen MR) is 81.3 cm³/mol. The molecule has 1 aromatic carbocycles. The van der Waals surface area contributed by atoms with E-state index < -0.39 is 0 Å². The van der Waals surface area contributed by atoms with Crippen molar-refractivity contribution in [3.05, 3.63) is 54.6 Å². The average Bonchev–Trinajstić information content (AvgIpc) is 2.55. The predicted octanol–water partition coefficient (Wildman–Crippen LogP) is 2.32. The van der Waals surface area contributed by atoms with Gasteiger partial charge in [0.1, 0.15) is 11.5 Å². The first kappa shape index (κ1) is 13.0. The fourth-order valence-electron chi connectivity index (χ4n) is 1.97. The smallest absolute Gasteiger partial charge is 0.275 e. The molecule has 6 nitrogen and oxygen atoms in total. The standard InChI is InChI=1S/C15H13N5O/c1-16-13-9-18-12(8-19-13)15(21)20-11-6-2-4-10-5-3-7-17-14(10)11/h2-9H,1H3,(H,16,19)(H,20,21). The second-order valence-corrected chi connectivity index (χ2v) is 4.37. The normalized spacial score (nSPS) is 10.3. The van der Waals surface area contributed by atoms with Crippen LogP contribution in [0.5, 0.6) is 0 Å². The molecular formula is C15H13N5O. The maximum atomic E-state index is 12.2. The zero-order valence-electron chi connectivity index (χ0n) is 11.4. The minimum Gasteiger partial charge on any atom is -0.372 e. The number of hydrogen-bond donors (Lipinski definition) is 2. The molecule has 2 heterocycles. The van der Waals surface area contributed by atoms with E-state index in [9.17, 15) is 4.79 Å². The third-order valence-electron chi connectivity index (χ3n) is 3.02. The first-order valence-electron chi connectivity index (χ1n) is 6.43. The number of benzene rings is 1. The molecule has 0 aliphatic heterocycles. The summed E-state index contributed by atoms with van der Waals surface area (Å²) in [6, 6.07) is 9.42. The number of amides is 1. The Bertz CT molecular complexity index is 780. The second-order valence-electron chi connectivity index (χ2n) is 4.37. The van der Waals surface area contributed by atoms with Crippen molar-refractivity contribution in [2.24, 2.45) is 0 Å². The number of fused-ring (bicyclic) bond motifs is 1. The molecule has 3 rings (SSSR count). The van der Waals surface area contributed by atoms with Crippen LogP contribution in [0.3, 0.4) is 0 Å². The summed E-state index contributed by atoms with van der Waals surface area (Å²) in [7, 11) is 1.74. The van der Waals surface area contributed by atoms with E-state index >= 15 is 0 Å². The van der Waals surface area contributed by atoms with Crippen LogP contribution < -0.4 is 10.6 Å². The number of pyridine rings is 1. The van der Waals surface area contributed by atoms with E-state index in [2.05, 4.69) is 25.6 Å². The van der Waals surface area contributed by atoms with Crippen LogP contribution in [0, 0.1) is 0 Å². The van der Waals surface area contributed by atoms with E-state index in [0.29, 0.717) is 11.5 Å². The zero-order valence-corrected chi connectivity index (χ0v) is 11.4. The Balaban J connectivity index is 1.89. The number of carbonyl (C=O) groups is 1. The van der Waals surface area contributed by atoms with Crippen molar-refractivity contribution >= 4 is 28.3 Å². The Morgan fingerprint density at radius 1 is 1.05 bits per heavy atom. The summed E-state index contributed by atoms with van der Waals surface area (Å²) in [5, 5.41) is 6.63. The van der Waals surface area contributed by atoms with Gasteiger partial charge in [0.05, 0.1) is 23.6 Å². The molecule has 0 radical (unpaired) electrons. The third-order valence-corrected chi connectivity index (χ3v) is 3.02. The van der Waals surface area contributed by atoms with E-state index in [-0.39, 0.29) is 11.6 Å². The summed E-state index contributed by atoms with van der Waals surface area (Å²) in [6.45, 7) is 0. The summed E-state index contributed by atoms with van der Waals surface area (Å²) < 4.78 is 0.